The Morgan fingerprint density at radius 2 is 2.18 bits per heavy atom. The van der Waals surface area contributed by atoms with Crippen LogP contribution in [0.5, 0.6) is 0 Å². The highest BCUT2D eigenvalue weighted by molar-refractivity contribution is 5.81. The third kappa shape index (κ3) is 3.66. The Hall–Kier alpha value is -0.650. The minimum Gasteiger partial charge on any atom is -0.298 e. The van der Waals surface area contributed by atoms with Crippen molar-refractivity contribution < 1.29 is 4.79 Å². The van der Waals surface area contributed by atoms with Gasteiger partial charge >= 0.3 is 0 Å². The van der Waals surface area contributed by atoms with Crippen molar-refractivity contribution in [1.82, 2.24) is 15.2 Å². The molecule has 2 unspecified atom stereocenters. The smallest absolute Gasteiger partial charge is 0.251 e. The summed E-state index contributed by atoms with van der Waals surface area (Å²) in [6.45, 7) is 10.5. The predicted octanol–water partition coefficient (Wildman–Crippen LogP) is 0.171. The number of likely N-dealkylation sites (N-methyl/N-ethyl adjacent to an activating group) is 1. The topological polar surface area (TPSA) is 61.6 Å². The molecule has 0 aliphatic carbocycles. The molecular formula is C12H26N4O. The number of nitrogens with one attached hydrogen (secondary N) is 1. The van der Waals surface area contributed by atoms with Crippen LogP contribution in [-0.4, -0.2) is 54.0 Å². The number of carbonyl (C=O) groups is 1. The molecule has 100 valence electrons. The Kier molecular flexibility index (Phi) is 5.88. The quantitative estimate of drug-likeness (QED) is 0.410. The number of amides is 1. The Balaban J connectivity index is 2.61. The first kappa shape index (κ1) is 14.4. The molecule has 0 aromatic rings. The largest absolute Gasteiger partial charge is 0.298 e. The standard InChI is InChI=1S/C12H26N4O/c1-4-6-11(12(17)14-13)16-8-7-15(5-2)10(3)9-16/h10-11H,4-9,13H2,1-3H3,(H,14,17). The lowest BCUT2D eigenvalue weighted by Gasteiger charge is -2.42. The summed E-state index contributed by atoms with van der Waals surface area (Å²) in [7, 11) is 0. The highest BCUT2D eigenvalue weighted by atomic mass is 16.2. The molecule has 5 heteroatoms. The van der Waals surface area contributed by atoms with E-state index in [1.54, 1.807) is 0 Å². The summed E-state index contributed by atoms with van der Waals surface area (Å²) in [5.74, 6) is 5.21. The van der Waals surface area contributed by atoms with Gasteiger partial charge in [0, 0.05) is 25.7 Å². The van der Waals surface area contributed by atoms with Gasteiger partial charge in [0.15, 0.2) is 0 Å². The average molecular weight is 242 g/mol. The van der Waals surface area contributed by atoms with Crippen LogP contribution in [0.3, 0.4) is 0 Å². The number of hydrazine groups is 1. The fraction of sp³-hybridized carbons (Fsp3) is 0.917. The van der Waals surface area contributed by atoms with Gasteiger partial charge in [-0.05, 0) is 19.9 Å². The highest BCUT2D eigenvalue weighted by Crippen LogP contribution is 2.15. The Morgan fingerprint density at radius 1 is 1.47 bits per heavy atom. The van der Waals surface area contributed by atoms with Crippen LogP contribution in [0.1, 0.15) is 33.6 Å². The van der Waals surface area contributed by atoms with Crippen LogP contribution in [0.15, 0.2) is 0 Å². The number of nitrogens with two attached hydrogens (primary N) is 1. The monoisotopic (exact) mass is 242 g/mol. The van der Waals surface area contributed by atoms with Crippen molar-refractivity contribution in [3.8, 4) is 0 Å². The van der Waals surface area contributed by atoms with E-state index < -0.39 is 0 Å². The molecule has 0 saturated carbocycles. The van der Waals surface area contributed by atoms with E-state index in [1.807, 2.05) is 0 Å². The lowest BCUT2D eigenvalue weighted by molar-refractivity contribution is -0.128. The maximum Gasteiger partial charge on any atom is 0.251 e. The van der Waals surface area contributed by atoms with Crippen molar-refractivity contribution >= 4 is 5.91 Å². The lowest BCUT2D eigenvalue weighted by atomic mass is 10.1. The minimum atomic E-state index is -0.0635. The zero-order chi connectivity index (χ0) is 12.8. The molecule has 0 aromatic heterocycles. The molecule has 1 aliphatic rings. The van der Waals surface area contributed by atoms with E-state index in [0.29, 0.717) is 6.04 Å². The third-order valence-corrected chi connectivity index (χ3v) is 3.65. The highest BCUT2D eigenvalue weighted by Gasteiger charge is 2.30. The number of piperazine rings is 1. The molecule has 17 heavy (non-hydrogen) atoms. The number of hydrogen-bond acceptors (Lipinski definition) is 4. The summed E-state index contributed by atoms with van der Waals surface area (Å²) < 4.78 is 0. The molecule has 0 radical (unpaired) electrons. The Morgan fingerprint density at radius 3 is 2.65 bits per heavy atom. The number of nitrogens with zero attached hydrogens (tertiary/aromatic N) is 2. The van der Waals surface area contributed by atoms with Crippen LogP contribution in [0, 0.1) is 0 Å². The minimum absolute atomic E-state index is 0.0519. The maximum absolute atomic E-state index is 11.8. The normalized spacial score (nSPS) is 24.6. The van der Waals surface area contributed by atoms with Crippen LogP contribution in [0.25, 0.3) is 0 Å². The number of hydrogen-bond donors (Lipinski definition) is 2. The second-order valence-electron chi connectivity index (χ2n) is 4.79. The van der Waals surface area contributed by atoms with Gasteiger partial charge < -0.3 is 0 Å². The molecule has 1 amide bonds. The van der Waals surface area contributed by atoms with E-state index in [9.17, 15) is 4.79 Å². The van der Waals surface area contributed by atoms with Crippen LogP contribution >= 0.6 is 0 Å². The van der Waals surface area contributed by atoms with Gasteiger partial charge in [0.25, 0.3) is 5.91 Å². The summed E-state index contributed by atoms with van der Waals surface area (Å²) in [5, 5.41) is 0. The van der Waals surface area contributed by atoms with Crippen molar-refractivity contribution in [2.75, 3.05) is 26.2 Å². The first-order valence-electron chi connectivity index (χ1n) is 6.62. The third-order valence-electron chi connectivity index (χ3n) is 3.65. The second kappa shape index (κ2) is 6.93. The molecule has 1 aliphatic heterocycles. The van der Waals surface area contributed by atoms with E-state index in [4.69, 9.17) is 5.84 Å². The van der Waals surface area contributed by atoms with Gasteiger partial charge in [0.2, 0.25) is 0 Å². The average Bonchev–Trinajstić information content (AvgIpc) is 2.35. The van der Waals surface area contributed by atoms with Gasteiger partial charge in [-0.25, -0.2) is 5.84 Å². The Labute approximate surface area is 104 Å². The van der Waals surface area contributed by atoms with E-state index in [1.165, 1.54) is 0 Å². The molecule has 1 heterocycles. The first-order chi connectivity index (χ1) is 8.13. The van der Waals surface area contributed by atoms with Crippen molar-refractivity contribution in [3.05, 3.63) is 0 Å². The summed E-state index contributed by atoms with van der Waals surface area (Å²) in [5.41, 5.74) is 2.29. The van der Waals surface area contributed by atoms with E-state index >= 15 is 0 Å². The summed E-state index contributed by atoms with van der Waals surface area (Å²) in [6.07, 6.45) is 1.88. The summed E-state index contributed by atoms with van der Waals surface area (Å²) in [6, 6.07) is 0.449. The molecule has 0 bridgehead atoms. The molecule has 1 fully saturated rings. The van der Waals surface area contributed by atoms with Crippen molar-refractivity contribution in [2.24, 2.45) is 5.84 Å². The van der Waals surface area contributed by atoms with Crippen molar-refractivity contribution in [1.29, 1.82) is 0 Å². The Bertz CT molecular complexity index is 247. The van der Waals surface area contributed by atoms with Crippen LogP contribution in [0.2, 0.25) is 0 Å². The first-order valence-corrected chi connectivity index (χ1v) is 6.62. The van der Waals surface area contributed by atoms with E-state index in [0.717, 1.165) is 39.0 Å². The molecular weight excluding hydrogens is 216 g/mol. The summed E-state index contributed by atoms with van der Waals surface area (Å²) >= 11 is 0. The zero-order valence-corrected chi connectivity index (χ0v) is 11.3. The van der Waals surface area contributed by atoms with Gasteiger partial charge in [-0.2, -0.15) is 0 Å². The number of carbonyl (C=O) groups excluding carboxylic acids is 1. The van der Waals surface area contributed by atoms with Crippen LogP contribution in [-0.2, 0) is 4.79 Å². The fourth-order valence-electron chi connectivity index (χ4n) is 2.63. The van der Waals surface area contributed by atoms with Gasteiger partial charge in [-0.1, -0.05) is 20.3 Å². The van der Waals surface area contributed by atoms with Gasteiger partial charge in [0.1, 0.15) is 0 Å². The molecule has 2 atom stereocenters. The second-order valence-corrected chi connectivity index (χ2v) is 4.79. The molecule has 1 rings (SSSR count). The predicted molar refractivity (Wildman–Crippen MR) is 69.3 cm³/mol. The lowest BCUT2D eigenvalue weighted by Crippen LogP contribution is -2.58. The van der Waals surface area contributed by atoms with Crippen molar-refractivity contribution in [2.45, 2.75) is 45.7 Å². The van der Waals surface area contributed by atoms with Gasteiger partial charge in [-0.3, -0.25) is 20.0 Å². The van der Waals surface area contributed by atoms with Crippen LogP contribution in [0.4, 0.5) is 0 Å². The zero-order valence-electron chi connectivity index (χ0n) is 11.3. The SMILES string of the molecule is CCCC(C(=O)NN)N1CCN(CC)C(C)C1. The van der Waals surface area contributed by atoms with Gasteiger partial charge in [-0.15, -0.1) is 0 Å². The maximum atomic E-state index is 11.8. The van der Waals surface area contributed by atoms with Crippen molar-refractivity contribution in [3.63, 3.8) is 0 Å². The van der Waals surface area contributed by atoms with Gasteiger partial charge in [0.05, 0.1) is 6.04 Å². The molecule has 0 aromatic carbocycles. The molecule has 1 saturated heterocycles. The molecule has 5 nitrogen and oxygen atoms in total. The summed E-state index contributed by atoms with van der Waals surface area (Å²) in [4.78, 5) is 16.5. The molecule has 3 N–H and O–H groups in total. The van der Waals surface area contributed by atoms with Crippen LogP contribution < -0.4 is 11.3 Å². The molecule has 0 spiro atoms. The fourth-order valence-corrected chi connectivity index (χ4v) is 2.63. The van der Waals surface area contributed by atoms with E-state index in [2.05, 4.69) is 36.0 Å². The number of rotatable bonds is 5. The van der Waals surface area contributed by atoms with E-state index in [-0.39, 0.29) is 11.9 Å².